The number of hydrogen-bond acceptors (Lipinski definition) is 3. The van der Waals surface area contributed by atoms with Crippen molar-refractivity contribution in [1.29, 1.82) is 0 Å². The molecule has 0 radical (unpaired) electrons. The molecule has 0 bridgehead atoms. The first kappa shape index (κ1) is 9.22. The van der Waals surface area contributed by atoms with Crippen LogP contribution in [0.25, 0.3) is 0 Å². The molecule has 1 heterocycles. The number of aromatic amines is 1. The van der Waals surface area contributed by atoms with Crippen LogP contribution in [0.1, 0.15) is 17.7 Å². The molecular formula is C8H15N3O. The first-order valence-corrected chi connectivity index (χ1v) is 4.08. The van der Waals surface area contributed by atoms with Crippen LogP contribution in [0.5, 0.6) is 0 Å². The lowest BCUT2D eigenvalue weighted by atomic mass is 10.1. The van der Waals surface area contributed by atoms with Gasteiger partial charge < -0.3 is 10.5 Å². The third-order valence-electron chi connectivity index (χ3n) is 1.80. The van der Waals surface area contributed by atoms with Crippen molar-refractivity contribution in [2.45, 2.75) is 19.4 Å². The second-order valence-electron chi connectivity index (χ2n) is 2.67. The number of methoxy groups -OCH3 is 1. The summed E-state index contributed by atoms with van der Waals surface area (Å²) in [6.45, 7) is 1.34. The highest BCUT2D eigenvalue weighted by molar-refractivity contribution is 5.15. The van der Waals surface area contributed by atoms with Gasteiger partial charge in [-0.1, -0.05) is 0 Å². The zero-order valence-electron chi connectivity index (χ0n) is 7.34. The Balaban J connectivity index is 2.39. The molecule has 4 heteroatoms. The van der Waals surface area contributed by atoms with Gasteiger partial charge in [0.25, 0.3) is 0 Å². The monoisotopic (exact) mass is 169 g/mol. The molecular weight excluding hydrogens is 154 g/mol. The minimum absolute atomic E-state index is 0.554. The van der Waals surface area contributed by atoms with Gasteiger partial charge in [-0.05, 0) is 12.8 Å². The summed E-state index contributed by atoms with van der Waals surface area (Å²) in [5.74, 6) is 0. The van der Waals surface area contributed by atoms with Crippen LogP contribution in [0.2, 0.25) is 0 Å². The highest BCUT2D eigenvalue weighted by Gasteiger charge is 2.01. The summed E-state index contributed by atoms with van der Waals surface area (Å²) in [5.41, 5.74) is 7.74. The van der Waals surface area contributed by atoms with E-state index in [1.165, 1.54) is 0 Å². The summed E-state index contributed by atoms with van der Waals surface area (Å²) in [6, 6.07) is 0. The average molecular weight is 169 g/mol. The SMILES string of the molecule is COCCCc1[nH]ncc1CN. The lowest BCUT2D eigenvalue weighted by Crippen LogP contribution is -2.01. The molecule has 0 fully saturated rings. The zero-order valence-corrected chi connectivity index (χ0v) is 7.34. The van der Waals surface area contributed by atoms with Crippen LogP contribution in [0.4, 0.5) is 0 Å². The number of aryl methyl sites for hydroxylation is 1. The molecule has 0 aliphatic rings. The number of nitrogens with one attached hydrogen (secondary N) is 1. The number of aromatic nitrogens is 2. The Labute approximate surface area is 72.1 Å². The van der Waals surface area contributed by atoms with Gasteiger partial charge in [0.2, 0.25) is 0 Å². The first-order chi connectivity index (χ1) is 5.88. The molecule has 0 aliphatic heterocycles. The number of H-pyrrole nitrogens is 1. The Bertz CT molecular complexity index is 222. The van der Waals surface area contributed by atoms with Gasteiger partial charge in [-0.25, -0.2) is 0 Å². The maximum atomic E-state index is 5.51. The molecule has 0 saturated heterocycles. The highest BCUT2D eigenvalue weighted by Crippen LogP contribution is 2.05. The highest BCUT2D eigenvalue weighted by atomic mass is 16.5. The Morgan fingerprint density at radius 3 is 3.17 bits per heavy atom. The Kier molecular flexibility index (Phi) is 3.76. The van der Waals surface area contributed by atoms with E-state index in [0.29, 0.717) is 6.54 Å². The van der Waals surface area contributed by atoms with Crippen molar-refractivity contribution >= 4 is 0 Å². The van der Waals surface area contributed by atoms with E-state index in [-0.39, 0.29) is 0 Å². The van der Waals surface area contributed by atoms with Crippen molar-refractivity contribution in [2.75, 3.05) is 13.7 Å². The van der Waals surface area contributed by atoms with E-state index < -0.39 is 0 Å². The topological polar surface area (TPSA) is 63.9 Å². The largest absolute Gasteiger partial charge is 0.385 e. The van der Waals surface area contributed by atoms with E-state index in [1.807, 2.05) is 0 Å². The summed E-state index contributed by atoms with van der Waals surface area (Å²) < 4.78 is 4.95. The Morgan fingerprint density at radius 1 is 1.67 bits per heavy atom. The summed E-state index contributed by atoms with van der Waals surface area (Å²) in [7, 11) is 1.71. The van der Waals surface area contributed by atoms with Gasteiger partial charge >= 0.3 is 0 Å². The summed E-state index contributed by atoms with van der Waals surface area (Å²) >= 11 is 0. The lowest BCUT2D eigenvalue weighted by molar-refractivity contribution is 0.195. The van der Waals surface area contributed by atoms with Crippen LogP contribution in [0.3, 0.4) is 0 Å². The van der Waals surface area contributed by atoms with Crippen LogP contribution < -0.4 is 5.73 Å². The molecule has 0 aliphatic carbocycles. The van der Waals surface area contributed by atoms with E-state index in [2.05, 4.69) is 10.2 Å². The average Bonchev–Trinajstić information content (AvgIpc) is 2.52. The molecule has 1 aromatic heterocycles. The molecule has 0 amide bonds. The van der Waals surface area contributed by atoms with Crippen molar-refractivity contribution in [2.24, 2.45) is 5.73 Å². The predicted octanol–water partition coefficient (Wildman–Crippen LogP) is 0.447. The molecule has 1 aromatic rings. The predicted molar refractivity (Wildman–Crippen MR) is 46.7 cm³/mol. The van der Waals surface area contributed by atoms with Crippen LogP contribution >= 0.6 is 0 Å². The van der Waals surface area contributed by atoms with Gasteiger partial charge in [0.15, 0.2) is 0 Å². The smallest absolute Gasteiger partial charge is 0.0535 e. The molecule has 12 heavy (non-hydrogen) atoms. The van der Waals surface area contributed by atoms with Crippen molar-refractivity contribution in [1.82, 2.24) is 10.2 Å². The Hall–Kier alpha value is -0.870. The molecule has 3 N–H and O–H groups in total. The van der Waals surface area contributed by atoms with Crippen LogP contribution in [-0.4, -0.2) is 23.9 Å². The molecule has 4 nitrogen and oxygen atoms in total. The first-order valence-electron chi connectivity index (χ1n) is 4.08. The van der Waals surface area contributed by atoms with Gasteiger partial charge in [0, 0.05) is 31.5 Å². The van der Waals surface area contributed by atoms with Gasteiger partial charge in [-0.2, -0.15) is 5.10 Å². The summed E-state index contributed by atoms with van der Waals surface area (Å²) in [4.78, 5) is 0. The van der Waals surface area contributed by atoms with Crippen molar-refractivity contribution < 1.29 is 4.74 Å². The number of rotatable bonds is 5. The Morgan fingerprint density at radius 2 is 2.50 bits per heavy atom. The third kappa shape index (κ3) is 2.32. The van der Waals surface area contributed by atoms with Crippen LogP contribution in [0.15, 0.2) is 6.20 Å². The fourth-order valence-electron chi connectivity index (χ4n) is 1.12. The molecule has 0 aromatic carbocycles. The van der Waals surface area contributed by atoms with E-state index in [4.69, 9.17) is 10.5 Å². The van der Waals surface area contributed by atoms with E-state index in [0.717, 1.165) is 30.7 Å². The molecule has 0 saturated carbocycles. The summed E-state index contributed by atoms with van der Waals surface area (Å²) in [5, 5.41) is 6.86. The standard InChI is InChI=1S/C8H15N3O/c1-12-4-2-3-8-7(5-9)6-10-11-8/h6H,2-5,9H2,1H3,(H,10,11). The van der Waals surface area contributed by atoms with Crippen molar-refractivity contribution in [3.8, 4) is 0 Å². The minimum atomic E-state index is 0.554. The number of nitrogens with two attached hydrogens (primary N) is 1. The summed E-state index contributed by atoms with van der Waals surface area (Å²) in [6.07, 6.45) is 3.74. The van der Waals surface area contributed by atoms with Gasteiger partial charge in [-0.15, -0.1) is 0 Å². The normalized spacial score (nSPS) is 10.5. The second-order valence-corrected chi connectivity index (χ2v) is 2.67. The van der Waals surface area contributed by atoms with E-state index in [9.17, 15) is 0 Å². The molecule has 68 valence electrons. The molecule has 0 unspecified atom stereocenters. The number of hydrogen-bond donors (Lipinski definition) is 2. The van der Waals surface area contributed by atoms with E-state index in [1.54, 1.807) is 13.3 Å². The van der Waals surface area contributed by atoms with Crippen molar-refractivity contribution in [3.63, 3.8) is 0 Å². The van der Waals surface area contributed by atoms with E-state index >= 15 is 0 Å². The fraction of sp³-hybridized carbons (Fsp3) is 0.625. The molecule has 0 spiro atoms. The second kappa shape index (κ2) is 4.90. The number of ether oxygens (including phenoxy) is 1. The quantitative estimate of drug-likeness (QED) is 0.629. The molecule has 1 rings (SSSR count). The maximum Gasteiger partial charge on any atom is 0.0535 e. The van der Waals surface area contributed by atoms with Crippen LogP contribution in [0, 0.1) is 0 Å². The van der Waals surface area contributed by atoms with Crippen LogP contribution in [-0.2, 0) is 17.7 Å². The fourth-order valence-corrected chi connectivity index (χ4v) is 1.12. The zero-order chi connectivity index (χ0) is 8.81. The maximum absolute atomic E-state index is 5.51. The molecule has 0 atom stereocenters. The number of nitrogens with zero attached hydrogens (tertiary/aromatic N) is 1. The minimum Gasteiger partial charge on any atom is -0.385 e. The van der Waals surface area contributed by atoms with Gasteiger partial charge in [0.1, 0.15) is 0 Å². The van der Waals surface area contributed by atoms with Gasteiger partial charge in [-0.3, -0.25) is 5.10 Å². The van der Waals surface area contributed by atoms with Crippen molar-refractivity contribution in [3.05, 3.63) is 17.5 Å². The third-order valence-corrected chi connectivity index (χ3v) is 1.80. The lowest BCUT2D eigenvalue weighted by Gasteiger charge is -1.99. The van der Waals surface area contributed by atoms with Gasteiger partial charge in [0.05, 0.1) is 6.20 Å².